The van der Waals surface area contributed by atoms with Crippen molar-refractivity contribution < 1.29 is 4.74 Å². The summed E-state index contributed by atoms with van der Waals surface area (Å²) in [5, 5.41) is 0. The number of rotatable bonds is 0. The fraction of sp³-hybridized carbons (Fsp3) is 0.455. The van der Waals surface area contributed by atoms with Gasteiger partial charge in [0, 0.05) is 18.0 Å². The molecule has 0 saturated heterocycles. The first-order chi connectivity index (χ1) is 6.18. The molecular formula is C11H15NO. The van der Waals surface area contributed by atoms with Gasteiger partial charge in [-0.25, -0.2) is 0 Å². The fourth-order valence-corrected chi connectivity index (χ4v) is 1.97. The Morgan fingerprint density at radius 3 is 2.92 bits per heavy atom. The van der Waals surface area contributed by atoms with Crippen molar-refractivity contribution in [3.05, 3.63) is 28.8 Å². The summed E-state index contributed by atoms with van der Waals surface area (Å²) < 4.78 is 5.58. The highest BCUT2D eigenvalue weighted by molar-refractivity contribution is 5.45. The van der Waals surface area contributed by atoms with Crippen LogP contribution in [0.4, 0.5) is 0 Å². The van der Waals surface area contributed by atoms with Crippen molar-refractivity contribution in [1.82, 2.24) is 0 Å². The minimum absolute atomic E-state index is 0.157. The quantitative estimate of drug-likeness (QED) is 0.658. The molecule has 1 atom stereocenters. The monoisotopic (exact) mass is 177 g/mol. The smallest absolute Gasteiger partial charge is 0.124 e. The van der Waals surface area contributed by atoms with Crippen molar-refractivity contribution in [2.45, 2.75) is 26.3 Å². The van der Waals surface area contributed by atoms with Gasteiger partial charge in [-0.2, -0.15) is 0 Å². The van der Waals surface area contributed by atoms with Crippen LogP contribution in [0.5, 0.6) is 5.75 Å². The van der Waals surface area contributed by atoms with E-state index in [1.54, 1.807) is 0 Å². The van der Waals surface area contributed by atoms with E-state index in [0.29, 0.717) is 0 Å². The van der Waals surface area contributed by atoms with Crippen molar-refractivity contribution in [1.29, 1.82) is 0 Å². The summed E-state index contributed by atoms with van der Waals surface area (Å²) in [5.41, 5.74) is 9.70. The van der Waals surface area contributed by atoms with Crippen molar-refractivity contribution in [2.24, 2.45) is 5.73 Å². The lowest BCUT2D eigenvalue weighted by atomic mass is 9.95. The lowest BCUT2D eigenvalue weighted by molar-refractivity contribution is 0.268. The largest absolute Gasteiger partial charge is 0.493 e. The Hall–Kier alpha value is -1.02. The van der Waals surface area contributed by atoms with Crippen molar-refractivity contribution in [3.8, 4) is 5.75 Å². The standard InChI is InChI=1S/C11H15NO/c1-7-5-8(2)11-9(12)3-4-13-10(11)6-7/h5-6,9H,3-4,12H2,1-2H3/t9-/m1/s1. The Balaban J connectivity index is 2.56. The zero-order chi connectivity index (χ0) is 9.42. The Bertz CT molecular complexity index is 333. The first-order valence-corrected chi connectivity index (χ1v) is 4.68. The van der Waals surface area contributed by atoms with Crippen LogP contribution in [0.25, 0.3) is 0 Å². The number of aryl methyl sites for hydroxylation is 2. The Labute approximate surface area is 78.7 Å². The van der Waals surface area contributed by atoms with Crippen molar-refractivity contribution in [2.75, 3.05) is 6.61 Å². The minimum Gasteiger partial charge on any atom is -0.493 e. The summed E-state index contributed by atoms with van der Waals surface area (Å²) in [4.78, 5) is 0. The molecule has 0 saturated carbocycles. The molecule has 2 rings (SSSR count). The van der Waals surface area contributed by atoms with Gasteiger partial charge in [-0.1, -0.05) is 6.07 Å². The van der Waals surface area contributed by atoms with Crippen LogP contribution in [0.15, 0.2) is 12.1 Å². The predicted octanol–water partition coefficient (Wildman–Crippen LogP) is 2.09. The fourth-order valence-electron chi connectivity index (χ4n) is 1.97. The van der Waals surface area contributed by atoms with Crippen LogP contribution < -0.4 is 10.5 Å². The van der Waals surface area contributed by atoms with Crippen LogP contribution in [0.3, 0.4) is 0 Å². The summed E-state index contributed by atoms with van der Waals surface area (Å²) in [5.74, 6) is 0.983. The molecule has 1 aliphatic rings. The first-order valence-electron chi connectivity index (χ1n) is 4.68. The van der Waals surface area contributed by atoms with E-state index in [2.05, 4.69) is 26.0 Å². The molecule has 0 aromatic heterocycles. The third-order valence-electron chi connectivity index (χ3n) is 2.55. The lowest BCUT2D eigenvalue weighted by Crippen LogP contribution is -2.21. The zero-order valence-corrected chi connectivity index (χ0v) is 8.13. The molecule has 0 amide bonds. The van der Waals surface area contributed by atoms with Gasteiger partial charge in [0.25, 0.3) is 0 Å². The van der Waals surface area contributed by atoms with Gasteiger partial charge in [-0.15, -0.1) is 0 Å². The maximum Gasteiger partial charge on any atom is 0.124 e. The molecule has 1 aromatic carbocycles. The normalized spacial score (nSPS) is 20.7. The van der Waals surface area contributed by atoms with Crippen LogP contribution in [-0.4, -0.2) is 6.61 Å². The molecule has 0 unspecified atom stereocenters. The van der Waals surface area contributed by atoms with Gasteiger partial charge in [0.2, 0.25) is 0 Å². The van der Waals surface area contributed by atoms with Crippen LogP contribution in [0.2, 0.25) is 0 Å². The van der Waals surface area contributed by atoms with E-state index in [1.807, 2.05) is 0 Å². The van der Waals surface area contributed by atoms with Gasteiger partial charge in [0.05, 0.1) is 6.61 Å². The summed E-state index contributed by atoms with van der Waals surface area (Å²) >= 11 is 0. The minimum atomic E-state index is 0.157. The molecule has 2 heteroatoms. The van der Waals surface area contributed by atoms with Crippen molar-refractivity contribution >= 4 is 0 Å². The van der Waals surface area contributed by atoms with Crippen LogP contribution >= 0.6 is 0 Å². The summed E-state index contributed by atoms with van der Waals surface area (Å²) in [7, 11) is 0. The van der Waals surface area contributed by atoms with E-state index in [0.717, 1.165) is 18.8 Å². The molecular weight excluding hydrogens is 162 g/mol. The number of hydrogen-bond acceptors (Lipinski definition) is 2. The average molecular weight is 177 g/mol. The van der Waals surface area contributed by atoms with Gasteiger partial charge < -0.3 is 10.5 Å². The zero-order valence-electron chi connectivity index (χ0n) is 8.13. The van der Waals surface area contributed by atoms with E-state index in [4.69, 9.17) is 10.5 Å². The second-order valence-corrected chi connectivity index (χ2v) is 3.74. The molecule has 0 fully saturated rings. The van der Waals surface area contributed by atoms with E-state index >= 15 is 0 Å². The SMILES string of the molecule is Cc1cc(C)c2c(c1)OCC[C@H]2N. The van der Waals surface area contributed by atoms with Crippen molar-refractivity contribution in [3.63, 3.8) is 0 Å². The number of nitrogens with two attached hydrogens (primary N) is 1. The highest BCUT2D eigenvalue weighted by Crippen LogP contribution is 2.33. The number of ether oxygens (including phenoxy) is 1. The van der Waals surface area contributed by atoms with Gasteiger partial charge in [-0.05, 0) is 31.0 Å². The molecule has 2 nitrogen and oxygen atoms in total. The molecule has 1 heterocycles. The molecule has 0 aliphatic carbocycles. The van der Waals surface area contributed by atoms with Gasteiger partial charge >= 0.3 is 0 Å². The Kier molecular flexibility index (Phi) is 2.00. The number of benzene rings is 1. The molecule has 2 N–H and O–H groups in total. The molecule has 0 radical (unpaired) electrons. The number of fused-ring (bicyclic) bond motifs is 1. The van der Waals surface area contributed by atoms with E-state index in [1.165, 1.54) is 16.7 Å². The molecule has 0 bridgehead atoms. The third-order valence-corrected chi connectivity index (χ3v) is 2.55. The lowest BCUT2D eigenvalue weighted by Gasteiger charge is -2.25. The summed E-state index contributed by atoms with van der Waals surface area (Å²) in [6, 6.07) is 4.39. The second-order valence-electron chi connectivity index (χ2n) is 3.74. The summed E-state index contributed by atoms with van der Waals surface area (Å²) in [6.07, 6.45) is 0.927. The van der Waals surface area contributed by atoms with Gasteiger partial charge in [-0.3, -0.25) is 0 Å². The number of hydrogen-bond donors (Lipinski definition) is 1. The van der Waals surface area contributed by atoms with E-state index in [9.17, 15) is 0 Å². The van der Waals surface area contributed by atoms with E-state index in [-0.39, 0.29) is 6.04 Å². The molecule has 1 aliphatic heterocycles. The summed E-state index contributed by atoms with van der Waals surface area (Å²) in [6.45, 7) is 4.92. The maximum atomic E-state index is 6.02. The Morgan fingerprint density at radius 2 is 2.15 bits per heavy atom. The molecule has 0 spiro atoms. The molecule has 70 valence electrons. The molecule has 13 heavy (non-hydrogen) atoms. The Morgan fingerprint density at radius 1 is 1.38 bits per heavy atom. The highest BCUT2D eigenvalue weighted by Gasteiger charge is 2.19. The molecule has 1 aromatic rings. The maximum absolute atomic E-state index is 6.02. The van der Waals surface area contributed by atoms with Crippen LogP contribution in [-0.2, 0) is 0 Å². The van der Waals surface area contributed by atoms with Gasteiger partial charge in [0.15, 0.2) is 0 Å². The third kappa shape index (κ3) is 1.42. The van der Waals surface area contributed by atoms with Gasteiger partial charge in [0.1, 0.15) is 5.75 Å². The first kappa shape index (κ1) is 8.57. The second kappa shape index (κ2) is 3.04. The predicted molar refractivity (Wildman–Crippen MR) is 53.0 cm³/mol. The topological polar surface area (TPSA) is 35.2 Å². The highest BCUT2D eigenvalue weighted by atomic mass is 16.5. The average Bonchev–Trinajstić information content (AvgIpc) is 2.02. The van der Waals surface area contributed by atoms with Crippen LogP contribution in [0, 0.1) is 13.8 Å². The van der Waals surface area contributed by atoms with E-state index < -0.39 is 0 Å². The van der Waals surface area contributed by atoms with Crippen LogP contribution in [0.1, 0.15) is 29.2 Å².